The van der Waals surface area contributed by atoms with Crippen molar-refractivity contribution in [2.45, 2.75) is 35.0 Å². The molecule has 2 aromatic rings. The molecule has 0 aliphatic rings. The summed E-state index contributed by atoms with van der Waals surface area (Å²) in [6.45, 7) is 2.11. The first-order valence-electron chi connectivity index (χ1n) is 5.67. The maximum Gasteiger partial charge on any atom is 0.178 e. The number of hydrogen-bond donors (Lipinski definition) is 1. The maximum atomic E-state index is 5.98. The van der Waals surface area contributed by atoms with Crippen LogP contribution in [0.1, 0.15) is 18.9 Å². The van der Waals surface area contributed by atoms with E-state index in [1.54, 1.807) is 28.6 Å². The van der Waals surface area contributed by atoms with Gasteiger partial charge in [0.05, 0.1) is 0 Å². The SMILES string of the molecule is CCC(N)Cc1ccc(Sc2nncs2)cc1Br. The maximum absolute atomic E-state index is 5.98. The van der Waals surface area contributed by atoms with Crippen LogP contribution in [0.25, 0.3) is 0 Å². The molecule has 0 bridgehead atoms. The summed E-state index contributed by atoms with van der Waals surface area (Å²) in [6.07, 6.45) is 1.90. The largest absolute Gasteiger partial charge is 0.327 e. The number of halogens is 1. The molecule has 1 heterocycles. The highest BCUT2D eigenvalue weighted by atomic mass is 79.9. The van der Waals surface area contributed by atoms with Crippen molar-refractivity contribution in [3.63, 3.8) is 0 Å². The Balaban J connectivity index is 2.09. The average molecular weight is 344 g/mol. The van der Waals surface area contributed by atoms with E-state index in [4.69, 9.17) is 5.73 Å². The van der Waals surface area contributed by atoms with E-state index in [-0.39, 0.29) is 6.04 Å². The zero-order valence-electron chi connectivity index (χ0n) is 9.97. The van der Waals surface area contributed by atoms with Gasteiger partial charge >= 0.3 is 0 Å². The molecular weight excluding hydrogens is 330 g/mol. The van der Waals surface area contributed by atoms with Gasteiger partial charge in [0.25, 0.3) is 0 Å². The molecular formula is C12H14BrN3S2. The number of hydrogen-bond acceptors (Lipinski definition) is 5. The van der Waals surface area contributed by atoms with Gasteiger partial charge in [-0.3, -0.25) is 0 Å². The number of benzene rings is 1. The van der Waals surface area contributed by atoms with Gasteiger partial charge in [-0.15, -0.1) is 10.2 Å². The van der Waals surface area contributed by atoms with E-state index in [1.807, 2.05) is 0 Å². The molecule has 1 aromatic heterocycles. The molecule has 0 radical (unpaired) electrons. The standard InChI is InChI=1S/C12H14BrN3S2/c1-2-9(14)5-8-3-4-10(6-11(8)13)18-12-16-15-7-17-12/h3-4,6-7,9H,2,5,14H2,1H3. The van der Waals surface area contributed by atoms with Crippen molar-refractivity contribution in [2.75, 3.05) is 0 Å². The molecule has 18 heavy (non-hydrogen) atoms. The summed E-state index contributed by atoms with van der Waals surface area (Å²) in [5, 5.41) is 7.85. The van der Waals surface area contributed by atoms with Crippen LogP contribution in [0.4, 0.5) is 0 Å². The predicted octanol–water partition coefficient (Wildman–Crippen LogP) is 3.73. The molecule has 1 atom stereocenters. The lowest BCUT2D eigenvalue weighted by atomic mass is 10.1. The lowest BCUT2D eigenvalue weighted by Gasteiger charge is -2.11. The van der Waals surface area contributed by atoms with Crippen LogP contribution in [0, 0.1) is 0 Å². The summed E-state index contributed by atoms with van der Waals surface area (Å²) in [7, 11) is 0. The van der Waals surface area contributed by atoms with Gasteiger partial charge < -0.3 is 5.73 Å². The Hall–Kier alpha value is -0.430. The smallest absolute Gasteiger partial charge is 0.178 e. The summed E-state index contributed by atoms with van der Waals surface area (Å²) < 4.78 is 2.07. The van der Waals surface area contributed by atoms with Crippen molar-refractivity contribution < 1.29 is 0 Å². The van der Waals surface area contributed by atoms with E-state index in [0.717, 1.165) is 26.5 Å². The van der Waals surface area contributed by atoms with Crippen LogP contribution < -0.4 is 5.73 Å². The molecule has 96 valence electrons. The molecule has 0 fully saturated rings. The zero-order chi connectivity index (χ0) is 13.0. The van der Waals surface area contributed by atoms with E-state index in [2.05, 4.69) is 51.3 Å². The third kappa shape index (κ3) is 3.78. The van der Waals surface area contributed by atoms with E-state index in [1.165, 1.54) is 5.56 Å². The second kappa shape index (κ2) is 6.65. The van der Waals surface area contributed by atoms with Crippen LogP contribution in [0.5, 0.6) is 0 Å². The van der Waals surface area contributed by atoms with E-state index >= 15 is 0 Å². The average Bonchev–Trinajstić information content (AvgIpc) is 2.85. The minimum atomic E-state index is 0.225. The van der Waals surface area contributed by atoms with Crippen molar-refractivity contribution in [1.29, 1.82) is 0 Å². The van der Waals surface area contributed by atoms with Crippen LogP contribution in [0.2, 0.25) is 0 Å². The fourth-order valence-corrected chi connectivity index (χ4v) is 3.68. The van der Waals surface area contributed by atoms with Crippen molar-refractivity contribution in [1.82, 2.24) is 10.2 Å². The zero-order valence-corrected chi connectivity index (χ0v) is 13.2. The van der Waals surface area contributed by atoms with E-state index < -0.39 is 0 Å². The summed E-state index contributed by atoms with van der Waals surface area (Å²) in [6, 6.07) is 6.57. The van der Waals surface area contributed by atoms with Gasteiger partial charge in [0, 0.05) is 15.4 Å². The van der Waals surface area contributed by atoms with Crippen molar-refractivity contribution in [2.24, 2.45) is 5.73 Å². The van der Waals surface area contributed by atoms with Crippen molar-refractivity contribution in [3.8, 4) is 0 Å². The van der Waals surface area contributed by atoms with Gasteiger partial charge in [0.2, 0.25) is 0 Å². The van der Waals surface area contributed by atoms with Gasteiger partial charge in [-0.2, -0.15) is 0 Å². The Morgan fingerprint density at radius 1 is 1.50 bits per heavy atom. The van der Waals surface area contributed by atoms with Gasteiger partial charge in [-0.05, 0) is 30.5 Å². The second-order valence-electron chi connectivity index (χ2n) is 3.93. The molecule has 0 spiro atoms. The topological polar surface area (TPSA) is 51.8 Å². The first kappa shape index (κ1) is 14.0. The van der Waals surface area contributed by atoms with Crippen LogP contribution >= 0.6 is 39.0 Å². The van der Waals surface area contributed by atoms with Gasteiger partial charge in [-0.25, -0.2) is 0 Å². The summed E-state index contributed by atoms with van der Waals surface area (Å²) in [5.41, 5.74) is 8.98. The van der Waals surface area contributed by atoms with Crippen LogP contribution in [0.3, 0.4) is 0 Å². The van der Waals surface area contributed by atoms with Gasteiger partial charge in [0.1, 0.15) is 5.51 Å². The molecule has 3 nitrogen and oxygen atoms in total. The minimum absolute atomic E-state index is 0.225. The van der Waals surface area contributed by atoms with Crippen molar-refractivity contribution in [3.05, 3.63) is 33.7 Å². The molecule has 2 N–H and O–H groups in total. The van der Waals surface area contributed by atoms with Gasteiger partial charge in [-0.1, -0.05) is 52.0 Å². The van der Waals surface area contributed by atoms with Crippen molar-refractivity contribution >= 4 is 39.0 Å². The summed E-state index contributed by atoms with van der Waals surface area (Å²) in [4.78, 5) is 1.16. The molecule has 2 rings (SSSR count). The summed E-state index contributed by atoms with van der Waals surface area (Å²) >= 11 is 6.78. The number of rotatable bonds is 5. The molecule has 0 saturated carbocycles. The van der Waals surface area contributed by atoms with E-state index in [9.17, 15) is 0 Å². The highest BCUT2D eigenvalue weighted by Crippen LogP contribution is 2.31. The van der Waals surface area contributed by atoms with Crippen LogP contribution in [-0.4, -0.2) is 16.2 Å². The Labute approximate surface area is 123 Å². The normalized spacial score (nSPS) is 12.6. The lowest BCUT2D eigenvalue weighted by molar-refractivity contribution is 0.645. The third-order valence-electron chi connectivity index (χ3n) is 2.58. The number of nitrogens with zero attached hydrogens (tertiary/aromatic N) is 2. The molecule has 6 heteroatoms. The Kier molecular flexibility index (Phi) is 5.17. The molecule has 0 aliphatic carbocycles. The Morgan fingerprint density at radius 2 is 2.33 bits per heavy atom. The number of aromatic nitrogens is 2. The Bertz CT molecular complexity index is 502. The first-order valence-corrected chi connectivity index (χ1v) is 8.16. The van der Waals surface area contributed by atoms with Gasteiger partial charge in [0.15, 0.2) is 4.34 Å². The molecule has 1 aromatic carbocycles. The monoisotopic (exact) mass is 343 g/mol. The fraction of sp³-hybridized carbons (Fsp3) is 0.333. The predicted molar refractivity (Wildman–Crippen MR) is 80.1 cm³/mol. The highest BCUT2D eigenvalue weighted by Gasteiger charge is 2.07. The first-order chi connectivity index (χ1) is 8.69. The number of nitrogens with two attached hydrogens (primary N) is 1. The third-order valence-corrected chi connectivity index (χ3v) is 5.08. The fourth-order valence-electron chi connectivity index (χ4n) is 1.49. The second-order valence-corrected chi connectivity index (χ2v) is 6.94. The molecule has 1 unspecified atom stereocenters. The molecule has 0 aliphatic heterocycles. The highest BCUT2D eigenvalue weighted by molar-refractivity contribution is 9.10. The molecule has 0 amide bonds. The lowest BCUT2D eigenvalue weighted by Crippen LogP contribution is -2.21. The van der Waals surface area contributed by atoms with Crippen LogP contribution in [0.15, 0.2) is 37.4 Å². The minimum Gasteiger partial charge on any atom is -0.327 e. The summed E-state index contributed by atoms with van der Waals surface area (Å²) in [5.74, 6) is 0. The Morgan fingerprint density at radius 3 is 2.94 bits per heavy atom. The quantitative estimate of drug-likeness (QED) is 0.898. The molecule has 0 saturated heterocycles. The van der Waals surface area contributed by atoms with Crippen LogP contribution in [-0.2, 0) is 6.42 Å². The van der Waals surface area contributed by atoms with E-state index in [0.29, 0.717) is 0 Å².